The van der Waals surface area contributed by atoms with Crippen molar-refractivity contribution >= 4 is 15.9 Å². The summed E-state index contributed by atoms with van der Waals surface area (Å²) in [7, 11) is -1.40. The van der Waals surface area contributed by atoms with Crippen LogP contribution in [-0.4, -0.2) is 62.3 Å². The van der Waals surface area contributed by atoms with Gasteiger partial charge in [0.25, 0.3) is 5.91 Å². The van der Waals surface area contributed by atoms with Crippen LogP contribution in [0, 0.1) is 11.3 Å². The monoisotopic (exact) mass is 327 g/mol. The number of nitrogens with one attached hydrogen (secondary N) is 1. The molecule has 8 heteroatoms. The van der Waals surface area contributed by atoms with Gasteiger partial charge in [0.15, 0.2) is 0 Å². The molecule has 7 nitrogen and oxygen atoms in total. The molecule has 0 aliphatic carbocycles. The lowest BCUT2D eigenvalue weighted by Gasteiger charge is -2.27. The zero-order valence-corrected chi connectivity index (χ0v) is 13.6. The zero-order valence-electron chi connectivity index (χ0n) is 12.8. The minimum atomic E-state index is -3.21. The SMILES string of the molecule is Cn1cccc1C(=O)NC[C@]12COC[C@H]1CN(S(C)(=O)=O)C2. The van der Waals surface area contributed by atoms with Crippen molar-refractivity contribution in [1.82, 2.24) is 14.2 Å². The van der Waals surface area contributed by atoms with Gasteiger partial charge in [0.1, 0.15) is 5.69 Å². The topological polar surface area (TPSA) is 80.6 Å². The second kappa shape index (κ2) is 5.36. The first-order valence-electron chi connectivity index (χ1n) is 7.24. The highest BCUT2D eigenvalue weighted by Gasteiger charge is 2.52. The first-order chi connectivity index (χ1) is 10.3. The van der Waals surface area contributed by atoms with Gasteiger partial charge in [-0.2, -0.15) is 0 Å². The highest BCUT2D eigenvalue weighted by Crippen LogP contribution is 2.41. The Morgan fingerprint density at radius 1 is 1.55 bits per heavy atom. The highest BCUT2D eigenvalue weighted by atomic mass is 32.2. The molecule has 0 unspecified atom stereocenters. The molecule has 2 saturated heterocycles. The van der Waals surface area contributed by atoms with Gasteiger partial charge in [-0.15, -0.1) is 0 Å². The third kappa shape index (κ3) is 2.66. The molecular formula is C14H21N3O4S. The Hall–Kier alpha value is -1.38. The van der Waals surface area contributed by atoms with Crippen molar-refractivity contribution in [2.45, 2.75) is 0 Å². The van der Waals surface area contributed by atoms with Crippen LogP contribution in [0.2, 0.25) is 0 Å². The molecule has 2 atom stereocenters. The molecule has 0 saturated carbocycles. The Kier molecular flexibility index (Phi) is 3.78. The lowest BCUT2D eigenvalue weighted by Crippen LogP contribution is -2.43. The van der Waals surface area contributed by atoms with Gasteiger partial charge in [0, 0.05) is 44.2 Å². The van der Waals surface area contributed by atoms with Crippen LogP contribution in [0.5, 0.6) is 0 Å². The van der Waals surface area contributed by atoms with Crippen molar-refractivity contribution in [3.63, 3.8) is 0 Å². The average molecular weight is 327 g/mol. The van der Waals surface area contributed by atoms with Crippen molar-refractivity contribution in [2.24, 2.45) is 18.4 Å². The summed E-state index contributed by atoms with van der Waals surface area (Å²) in [4.78, 5) is 12.2. The minimum absolute atomic E-state index is 0.135. The number of hydrogen-bond acceptors (Lipinski definition) is 4. The zero-order chi connectivity index (χ0) is 16.0. The molecule has 3 rings (SSSR count). The van der Waals surface area contributed by atoms with Gasteiger partial charge >= 0.3 is 0 Å². The van der Waals surface area contributed by atoms with E-state index < -0.39 is 10.0 Å². The van der Waals surface area contributed by atoms with E-state index in [1.807, 2.05) is 19.3 Å². The fourth-order valence-corrected chi connectivity index (χ4v) is 4.27. The van der Waals surface area contributed by atoms with Crippen LogP contribution in [0.1, 0.15) is 10.5 Å². The van der Waals surface area contributed by atoms with Gasteiger partial charge in [0.2, 0.25) is 10.0 Å². The first kappa shape index (κ1) is 15.5. The highest BCUT2D eigenvalue weighted by molar-refractivity contribution is 7.88. The summed E-state index contributed by atoms with van der Waals surface area (Å²) in [5.74, 6) is -0.0127. The number of amides is 1. The molecule has 1 amide bonds. The number of carbonyl (C=O) groups excluding carboxylic acids is 1. The number of rotatable bonds is 4. The maximum absolute atomic E-state index is 12.2. The van der Waals surface area contributed by atoms with E-state index in [9.17, 15) is 13.2 Å². The summed E-state index contributed by atoms with van der Waals surface area (Å²) in [6.07, 6.45) is 3.04. The molecule has 22 heavy (non-hydrogen) atoms. The van der Waals surface area contributed by atoms with Crippen molar-refractivity contribution < 1.29 is 17.9 Å². The molecule has 2 aliphatic rings. The molecular weight excluding hydrogens is 306 g/mol. The maximum Gasteiger partial charge on any atom is 0.267 e. The largest absolute Gasteiger partial charge is 0.380 e. The van der Waals surface area contributed by atoms with E-state index in [4.69, 9.17) is 4.74 Å². The van der Waals surface area contributed by atoms with E-state index >= 15 is 0 Å². The summed E-state index contributed by atoms with van der Waals surface area (Å²) < 4.78 is 32.3. The number of fused-ring (bicyclic) bond motifs is 1. The number of nitrogens with zero attached hydrogens (tertiary/aromatic N) is 2. The van der Waals surface area contributed by atoms with E-state index in [1.165, 1.54) is 10.6 Å². The minimum Gasteiger partial charge on any atom is -0.380 e. The molecule has 0 bridgehead atoms. The smallest absolute Gasteiger partial charge is 0.267 e. The number of aryl methyl sites for hydroxylation is 1. The Morgan fingerprint density at radius 3 is 2.95 bits per heavy atom. The third-order valence-electron chi connectivity index (χ3n) is 4.74. The number of ether oxygens (including phenoxy) is 1. The Bertz CT molecular complexity index is 684. The molecule has 0 aromatic carbocycles. The molecule has 1 aromatic heterocycles. The van der Waals surface area contributed by atoms with Crippen molar-refractivity contribution in [1.29, 1.82) is 0 Å². The van der Waals surface area contributed by atoms with Gasteiger partial charge < -0.3 is 14.6 Å². The number of sulfonamides is 1. The number of aromatic nitrogens is 1. The van der Waals surface area contributed by atoms with Gasteiger partial charge in [0.05, 0.1) is 19.5 Å². The van der Waals surface area contributed by atoms with Crippen LogP contribution in [0.3, 0.4) is 0 Å². The molecule has 0 radical (unpaired) electrons. The summed E-state index contributed by atoms with van der Waals surface area (Å²) in [6.45, 7) is 2.33. The molecule has 2 aliphatic heterocycles. The van der Waals surface area contributed by atoms with Crippen LogP contribution >= 0.6 is 0 Å². The third-order valence-corrected chi connectivity index (χ3v) is 5.95. The fourth-order valence-electron chi connectivity index (χ4n) is 3.33. The summed E-state index contributed by atoms with van der Waals surface area (Å²) in [5.41, 5.74) is 0.272. The van der Waals surface area contributed by atoms with E-state index in [0.717, 1.165) is 0 Å². The molecule has 1 N–H and O–H groups in total. The quantitative estimate of drug-likeness (QED) is 0.821. The molecule has 122 valence electrons. The predicted octanol–water partition coefficient (Wildman–Crippen LogP) is -0.337. The van der Waals surface area contributed by atoms with Crippen molar-refractivity contribution in [3.05, 3.63) is 24.0 Å². The molecule has 3 heterocycles. The van der Waals surface area contributed by atoms with Crippen LogP contribution in [0.25, 0.3) is 0 Å². The van der Waals surface area contributed by atoms with E-state index in [1.54, 1.807) is 10.6 Å². The Balaban J connectivity index is 1.71. The average Bonchev–Trinajstić information content (AvgIpc) is 3.08. The number of carbonyl (C=O) groups is 1. The molecule has 1 aromatic rings. The second-order valence-corrected chi connectivity index (χ2v) is 8.30. The summed E-state index contributed by atoms with van der Waals surface area (Å²) in [5, 5.41) is 2.94. The summed E-state index contributed by atoms with van der Waals surface area (Å²) in [6, 6.07) is 3.57. The second-order valence-electron chi connectivity index (χ2n) is 6.32. The van der Waals surface area contributed by atoms with Gasteiger partial charge in [-0.05, 0) is 12.1 Å². The maximum atomic E-state index is 12.2. The fraction of sp³-hybridized carbons (Fsp3) is 0.643. The number of hydrogen-bond donors (Lipinski definition) is 1. The van der Waals surface area contributed by atoms with E-state index in [2.05, 4.69) is 5.32 Å². The first-order valence-corrected chi connectivity index (χ1v) is 9.09. The predicted molar refractivity (Wildman–Crippen MR) is 80.9 cm³/mol. The van der Waals surface area contributed by atoms with Crippen molar-refractivity contribution in [2.75, 3.05) is 39.1 Å². The van der Waals surface area contributed by atoms with Gasteiger partial charge in [-0.3, -0.25) is 4.79 Å². The standard InChI is InChI=1S/C14H21N3O4S/c1-16-5-3-4-12(16)13(18)15-8-14-9-17(22(2,19)20)6-11(14)7-21-10-14/h3-5,11H,6-10H2,1-2H3,(H,15,18)/t11-,14+/m1/s1. The molecule has 0 spiro atoms. The van der Waals surface area contributed by atoms with E-state index in [0.29, 0.717) is 38.5 Å². The normalized spacial score (nSPS) is 28.7. The molecule has 2 fully saturated rings. The van der Waals surface area contributed by atoms with Crippen LogP contribution in [0.15, 0.2) is 18.3 Å². The Morgan fingerprint density at radius 2 is 2.32 bits per heavy atom. The van der Waals surface area contributed by atoms with Crippen LogP contribution in [-0.2, 0) is 21.8 Å². The lowest BCUT2D eigenvalue weighted by molar-refractivity contribution is 0.0907. The van der Waals surface area contributed by atoms with E-state index in [-0.39, 0.29) is 17.2 Å². The van der Waals surface area contributed by atoms with Crippen LogP contribution < -0.4 is 5.32 Å². The Labute approximate surface area is 130 Å². The lowest BCUT2D eigenvalue weighted by atomic mass is 9.81. The van der Waals surface area contributed by atoms with Gasteiger partial charge in [-0.1, -0.05) is 0 Å². The van der Waals surface area contributed by atoms with Gasteiger partial charge in [-0.25, -0.2) is 12.7 Å². The van der Waals surface area contributed by atoms with Crippen molar-refractivity contribution in [3.8, 4) is 0 Å². The van der Waals surface area contributed by atoms with Crippen LogP contribution in [0.4, 0.5) is 0 Å². The summed E-state index contributed by atoms with van der Waals surface area (Å²) >= 11 is 0.